The molecule has 7 heteroatoms. The Balaban J connectivity index is 2.11. The molecule has 19 heavy (non-hydrogen) atoms. The Hall–Kier alpha value is -1.11. The molecule has 0 bridgehead atoms. The highest BCUT2D eigenvalue weighted by atomic mass is 79.9. The van der Waals surface area contributed by atoms with Crippen LogP contribution in [0, 0.1) is 0 Å². The van der Waals surface area contributed by atoms with Gasteiger partial charge in [0.1, 0.15) is 6.04 Å². The lowest BCUT2D eigenvalue weighted by Crippen LogP contribution is -2.26. The molecule has 2 rings (SSSR count). The summed E-state index contributed by atoms with van der Waals surface area (Å²) >= 11 is 9.27. The molecule has 1 aliphatic rings. The zero-order valence-electron chi connectivity index (χ0n) is 10.2. The van der Waals surface area contributed by atoms with Gasteiger partial charge in [-0.2, -0.15) is 0 Å². The summed E-state index contributed by atoms with van der Waals surface area (Å²) in [6.45, 7) is 1.01. The number of nitrogens with one attached hydrogen (secondary N) is 2. The first-order chi connectivity index (χ1) is 9.11. The van der Waals surface area contributed by atoms with Crippen LogP contribution in [-0.4, -0.2) is 32.1 Å². The molecule has 0 aromatic heterocycles. The van der Waals surface area contributed by atoms with Crippen LogP contribution in [-0.2, 0) is 9.53 Å². The topological polar surface area (TPSA) is 62.7 Å². The highest BCUT2D eigenvalue weighted by molar-refractivity contribution is 9.10. The molecule has 1 aliphatic heterocycles. The van der Waals surface area contributed by atoms with Crippen LogP contribution >= 0.6 is 27.5 Å². The zero-order chi connectivity index (χ0) is 13.8. The van der Waals surface area contributed by atoms with Crippen LogP contribution in [0.5, 0.6) is 0 Å². The van der Waals surface area contributed by atoms with Gasteiger partial charge in [0.2, 0.25) is 0 Å². The van der Waals surface area contributed by atoms with E-state index in [1.165, 1.54) is 0 Å². The Labute approximate surface area is 124 Å². The van der Waals surface area contributed by atoms with Crippen LogP contribution in [0.4, 0.5) is 0 Å². The van der Waals surface area contributed by atoms with Crippen LogP contribution in [0.15, 0.2) is 27.7 Å². The lowest BCUT2D eigenvalue weighted by atomic mass is 10.1. The molecule has 1 aromatic rings. The van der Waals surface area contributed by atoms with Gasteiger partial charge in [0.15, 0.2) is 5.96 Å². The van der Waals surface area contributed by atoms with Crippen LogP contribution in [0.2, 0.25) is 5.02 Å². The summed E-state index contributed by atoms with van der Waals surface area (Å²) < 4.78 is 5.66. The second kappa shape index (κ2) is 6.36. The molecular weight excluding hydrogens is 334 g/mol. The van der Waals surface area contributed by atoms with E-state index in [1.54, 1.807) is 13.2 Å². The SMILES string of the molecule is COCCN=C1NC(=O)C(c2ccc(Cl)c(Br)c2)N1. The van der Waals surface area contributed by atoms with Crippen molar-refractivity contribution in [1.29, 1.82) is 0 Å². The number of amides is 1. The first-order valence-electron chi connectivity index (χ1n) is 5.67. The third-order valence-corrected chi connectivity index (χ3v) is 3.84. The number of hydrogen-bond acceptors (Lipinski definition) is 3. The Morgan fingerprint density at radius 2 is 2.32 bits per heavy atom. The van der Waals surface area contributed by atoms with Crippen molar-refractivity contribution in [2.45, 2.75) is 6.04 Å². The minimum absolute atomic E-state index is 0.134. The van der Waals surface area contributed by atoms with E-state index in [1.807, 2.05) is 12.1 Å². The molecule has 102 valence electrons. The maximum atomic E-state index is 11.9. The molecule has 0 radical (unpaired) electrons. The van der Waals surface area contributed by atoms with E-state index in [9.17, 15) is 4.79 Å². The molecule has 5 nitrogen and oxygen atoms in total. The smallest absolute Gasteiger partial charge is 0.253 e. The van der Waals surface area contributed by atoms with Crippen molar-refractivity contribution in [1.82, 2.24) is 10.6 Å². The maximum Gasteiger partial charge on any atom is 0.253 e. The number of methoxy groups -OCH3 is 1. The number of ether oxygens (including phenoxy) is 1. The average molecular weight is 347 g/mol. The number of carbonyl (C=O) groups is 1. The van der Waals surface area contributed by atoms with Gasteiger partial charge in [-0.1, -0.05) is 17.7 Å². The lowest BCUT2D eigenvalue weighted by molar-refractivity contribution is -0.120. The normalized spacial score (nSPS) is 20.5. The van der Waals surface area contributed by atoms with Gasteiger partial charge in [0.25, 0.3) is 5.91 Å². The highest BCUT2D eigenvalue weighted by Crippen LogP contribution is 2.27. The Bertz CT molecular complexity index is 522. The number of rotatable bonds is 4. The van der Waals surface area contributed by atoms with Gasteiger partial charge in [0, 0.05) is 11.6 Å². The van der Waals surface area contributed by atoms with Crippen molar-refractivity contribution in [2.75, 3.05) is 20.3 Å². The summed E-state index contributed by atoms with van der Waals surface area (Å²) in [6, 6.07) is 4.92. The maximum absolute atomic E-state index is 11.9. The highest BCUT2D eigenvalue weighted by Gasteiger charge is 2.29. The Morgan fingerprint density at radius 3 is 3.00 bits per heavy atom. The van der Waals surface area contributed by atoms with E-state index < -0.39 is 6.04 Å². The molecule has 0 saturated carbocycles. The van der Waals surface area contributed by atoms with Crippen LogP contribution in [0.3, 0.4) is 0 Å². The van der Waals surface area contributed by atoms with E-state index in [0.717, 1.165) is 10.0 Å². The number of benzene rings is 1. The fourth-order valence-corrected chi connectivity index (χ4v) is 2.20. The van der Waals surface area contributed by atoms with Gasteiger partial charge in [-0.15, -0.1) is 0 Å². The number of aliphatic imine (C=N–C) groups is 1. The zero-order valence-corrected chi connectivity index (χ0v) is 12.6. The molecule has 0 aliphatic carbocycles. The van der Waals surface area contributed by atoms with E-state index in [2.05, 4.69) is 31.6 Å². The number of guanidine groups is 1. The van der Waals surface area contributed by atoms with Crippen molar-refractivity contribution in [3.63, 3.8) is 0 Å². The second-order valence-corrected chi connectivity index (χ2v) is 5.22. The molecule has 1 amide bonds. The van der Waals surface area contributed by atoms with E-state index >= 15 is 0 Å². The quantitative estimate of drug-likeness (QED) is 0.818. The molecule has 2 N–H and O–H groups in total. The Kier molecular flexibility index (Phi) is 4.79. The number of hydrogen-bond donors (Lipinski definition) is 2. The fraction of sp³-hybridized carbons (Fsp3) is 0.333. The van der Waals surface area contributed by atoms with Crippen molar-refractivity contribution in [3.05, 3.63) is 33.3 Å². The molecule has 1 fully saturated rings. The van der Waals surface area contributed by atoms with Crippen molar-refractivity contribution >= 4 is 39.4 Å². The van der Waals surface area contributed by atoms with Crippen LogP contribution in [0.1, 0.15) is 11.6 Å². The van der Waals surface area contributed by atoms with Gasteiger partial charge >= 0.3 is 0 Å². The minimum Gasteiger partial charge on any atom is -0.383 e. The molecule has 1 aromatic carbocycles. The summed E-state index contributed by atoms with van der Waals surface area (Å²) in [5.74, 6) is 0.337. The van der Waals surface area contributed by atoms with Gasteiger partial charge in [-0.25, -0.2) is 0 Å². The summed E-state index contributed by atoms with van der Waals surface area (Å²) in [5.41, 5.74) is 0.825. The predicted molar refractivity (Wildman–Crippen MR) is 77.3 cm³/mol. The molecule has 1 heterocycles. The molecule has 1 atom stereocenters. The molecule has 1 unspecified atom stereocenters. The van der Waals surface area contributed by atoms with Gasteiger partial charge in [0.05, 0.1) is 18.2 Å². The standard InChI is InChI=1S/C12H13BrClN3O2/c1-19-5-4-15-12-16-10(11(18)17-12)7-2-3-9(14)8(13)6-7/h2-3,6,10H,4-5H2,1H3,(H2,15,16,17,18). The van der Waals surface area contributed by atoms with Gasteiger partial charge < -0.3 is 10.1 Å². The third kappa shape index (κ3) is 3.46. The van der Waals surface area contributed by atoms with E-state index in [0.29, 0.717) is 24.1 Å². The van der Waals surface area contributed by atoms with Crippen LogP contribution < -0.4 is 10.6 Å². The van der Waals surface area contributed by atoms with E-state index in [-0.39, 0.29) is 5.91 Å². The summed E-state index contributed by atoms with van der Waals surface area (Å²) in [6.07, 6.45) is 0. The third-order valence-electron chi connectivity index (χ3n) is 2.63. The van der Waals surface area contributed by atoms with Crippen molar-refractivity contribution < 1.29 is 9.53 Å². The largest absolute Gasteiger partial charge is 0.383 e. The van der Waals surface area contributed by atoms with Gasteiger partial charge in [-0.3, -0.25) is 15.1 Å². The Morgan fingerprint density at radius 1 is 1.53 bits per heavy atom. The predicted octanol–water partition coefficient (Wildman–Crippen LogP) is 1.87. The minimum atomic E-state index is -0.449. The van der Waals surface area contributed by atoms with Crippen LogP contribution in [0.25, 0.3) is 0 Å². The van der Waals surface area contributed by atoms with Gasteiger partial charge in [-0.05, 0) is 33.6 Å². The molecule has 1 saturated heterocycles. The fourth-order valence-electron chi connectivity index (χ4n) is 1.69. The van der Waals surface area contributed by atoms with E-state index in [4.69, 9.17) is 16.3 Å². The second-order valence-electron chi connectivity index (χ2n) is 3.96. The monoisotopic (exact) mass is 345 g/mol. The molecular formula is C12H13BrClN3O2. The van der Waals surface area contributed by atoms with Crippen molar-refractivity contribution in [3.8, 4) is 0 Å². The number of carbonyl (C=O) groups excluding carboxylic acids is 1. The first-order valence-corrected chi connectivity index (χ1v) is 6.84. The lowest BCUT2D eigenvalue weighted by Gasteiger charge is -2.09. The number of halogens is 2. The number of nitrogens with zero attached hydrogens (tertiary/aromatic N) is 1. The van der Waals surface area contributed by atoms with Crippen molar-refractivity contribution in [2.24, 2.45) is 4.99 Å². The summed E-state index contributed by atoms with van der Waals surface area (Å²) in [7, 11) is 1.61. The summed E-state index contributed by atoms with van der Waals surface area (Å²) in [4.78, 5) is 16.1. The first kappa shape index (κ1) is 14.3. The summed E-state index contributed by atoms with van der Waals surface area (Å²) in [5, 5.41) is 6.33. The average Bonchev–Trinajstić information content (AvgIpc) is 2.74. The molecule has 0 spiro atoms.